The second kappa shape index (κ2) is 8.88. The molecular weight excluding hydrogens is 358 g/mol. The third-order valence-corrected chi connectivity index (χ3v) is 5.07. The van der Waals surface area contributed by atoms with Crippen LogP contribution in [0.4, 0.5) is 0 Å². The monoisotopic (exact) mass is 381 g/mol. The van der Waals surface area contributed by atoms with E-state index in [1.165, 1.54) is 22.9 Å². The number of rotatable bonds is 7. The van der Waals surface area contributed by atoms with Gasteiger partial charge in [-0.05, 0) is 42.7 Å². The van der Waals surface area contributed by atoms with Crippen molar-refractivity contribution in [2.45, 2.75) is 25.1 Å². The Morgan fingerprint density at radius 3 is 2.59 bits per heavy atom. The smallest absolute Gasteiger partial charge is 0.230 e. The topological polar surface area (TPSA) is 67.2 Å². The van der Waals surface area contributed by atoms with Crippen molar-refractivity contribution in [1.29, 1.82) is 0 Å². The molecule has 0 aliphatic carbocycles. The van der Waals surface area contributed by atoms with E-state index in [1.807, 2.05) is 41.1 Å². The van der Waals surface area contributed by atoms with Gasteiger partial charge in [-0.1, -0.05) is 48.2 Å². The highest BCUT2D eigenvalue weighted by Gasteiger charge is 2.12. The average Bonchev–Trinajstić information content (AvgIpc) is 3.13. The van der Waals surface area contributed by atoms with Crippen LogP contribution in [0.3, 0.4) is 0 Å². The summed E-state index contributed by atoms with van der Waals surface area (Å²) < 4.78 is 1.98. The van der Waals surface area contributed by atoms with E-state index in [0.717, 1.165) is 16.4 Å². The zero-order valence-electron chi connectivity index (χ0n) is 15.4. The minimum absolute atomic E-state index is 0.134. The molecule has 2 aromatic carbocycles. The SMILES string of the molecule is Cc1cc(C)cc(-n2ccnc2SCC(=O)NCC(O)c2ccccc2)c1. The number of nitrogens with one attached hydrogen (secondary N) is 1. The number of amides is 1. The summed E-state index contributed by atoms with van der Waals surface area (Å²) in [6, 6.07) is 15.6. The Kier molecular flexibility index (Phi) is 6.32. The average molecular weight is 382 g/mol. The first-order valence-corrected chi connectivity index (χ1v) is 9.76. The summed E-state index contributed by atoms with van der Waals surface area (Å²) in [5, 5.41) is 13.7. The summed E-state index contributed by atoms with van der Waals surface area (Å²) in [5.41, 5.74) is 4.19. The van der Waals surface area contributed by atoms with E-state index in [2.05, 4.69) is 42.3 Å². The van der Waals surface area contributed by atoms with Gasteiger partial charge in [0.1, 0.15) is 0 Å². The van der Waals surface area contributed by atoms with Gasteiger partial charge in [0, 0.05) is 24.6 Å². The lowest BCUT2D eigenvalue weighted by molar-refractivity contribution is -0.119. The van der Waals surface area contributed by atoms with E-state index < -0.39 is 6.10 Å². The molecule has 0 spiro atoms. The summed E-state index contributed by atoms with van der Waals surface area (Å²) in [5.74, 6) is 0.105. The molecule has 1 unspecified atom stereocenters. The van der Waals surface area contributed by atoms with Crippen molar-refractivity contribution < 1.29 is 9.90 Å². The molecule has 3 rings (SSSR count). The van der Waals surface area contributed by atoms with Gasteiger partial charge in [-0.3, -0.25) is 9.36 Å². The second-order valence-corrected chi connectivity index (χ2v) is 7.39. The maximum absolute atomic E-state index is 12.1. The van der Waals surface area contributed by atoms with Crippen molar-refractivity contribution >= 4 is 17.7 Å². The summed E-state index contributed by atoms with van der Waals surface area (Å²) in [4.78, 5) is 16.5. The Morgan fingerprint density at radius 1 is 1.19 bits per heavy atom. The van der Waals surface area contributed by atoms with Crippen molar-refractivity contribution in [2.24, 2.45) is 0 Å². The normalized spacial score (nSPS) is 12.0. The standard InChI is InChI=1S/C21H23N3O2S/c1-15-10-16(2)12-18(11-15)24-9-8-22-21(24)27-14-20(26)23-13-19(25)17-6-4-3-5-7-17/h3-12,19,25H,13-14H2,1-2H3,(H,23,26). The predicted molar refractivity (Wildman–Crippen MR) is 108 cm³/mol. The number of thioether (sulfide) groups is 1. The largest absolute Gasteiger partial charge is 0.387 e. The number of aliphatic hydroxyl groups is 1. The fourth-order valence-corrected chi connectivity index (χ4v) is 3.67. The number of carbonyl (C=O) groups excluding carboxylic acids is 1. The van der Waals surface area contributed by atoms with Gasteiger partial charge < -0.3 is 10.4 Å². The second-order valence-electron chi connectivity index (χ2n) is 6.44. The third-order valence-electron chi connectivity index (χ3n) is 4.10. The van der Waals surface area contributed by atoms with Gasteiger partial charge in [-0.25, -0.2) is 4.98 Å². The Morgan fingerprint density at radius 2 is 1.89 bits per heavy atom. The maximum atomic E-state index is 12.1. The number of imidazole rings is 1. The molecule has 2 N–H and O–H groups in total. The van der Waals surface area contributed by atoms with Crippen LogP contribution >= 0.6 is 11.8 Å². The van der Waals surface area contributed by atoms with Gasteiger partial charge in [0.15, 0.2) is 5.16 Å². The summed E-state index contributed by atoms with van der Waals surface area (Å²) in [7, 11) is 0. The molecule has 5 nitrogen and oxygen atoms in total. The van der Waals surface area contributed by atoms with Crippen molar-refractivity contribution in [2.75, 3.05) is 12.3 Å². The highest BCUT2D eigenvalue weighted by Crippen LogP contribution is 2.22. The number of hydrogen-bond donors (Lipinski definition) is 2. The molecule has 1 heterocycles. The number of aliphatic hydroxyl groups excluding tert-OH is 1. The van der Waals surface area contributed by atoms with Crippen LogP contribution in [0, 0.1) is 13.8 Å². The lowest BCUT2D eigenvalue weighted by Crippen LogP contribution is -2.29. The molecule has 27 heavy (non-hydrogen) atoms. The van der Waals surface area contributed by atoms with Crippen LogP contribution in [0.25, 0.3) is 5.69 Å². The maximum Gasteiger partial charge on any atom is 0.230 e. The highest BCUT2D eigenvalue weighted by atomic mass is 32.2. The van der Waals surface area contributed by atoms with E-state index in [4.69, 9.17) is 0 Å². The van der Waals surface area contributed by atoms with E-state index in [0.29, 0.717) is 0 Å². The molecule has 0 saturated heterocycles. The van der Waals surface area contributed by atoms with E-state index >= 15 is 0 Å². The zero-order chi connectivity index (χ0) is 19.2. The molecule has 1 atom stereocenters. The van der Waals surface area contributed by atoms with Gasteiger partial charge in [-0.2, -0.15) is 0 Å². The van der Waals surface area contributed by atoms with E-state index in [9.17, 15) is 9.90 Å². The summed E-state index contributed by atoms with van der Waals surface area (Å²) >= 11 is 1.37. The number of carbonyl (C=O) groups is 1. The first kappa shape index (κ1) is 19.2. The van der Waals surface area contributed by atoms with Crippen LogP contribution in [0.5, 0.6) is 0 Å². The molecule has 0 saturated carbocycles. The number of hydrogen-bond acceptors (Lipinski definition) is 4. The molecule has 140 valence electrons. The van der Waals surface area contributed by atoms with E-state index in [1.54, 1.807) is 6.20 Å². The molecule has 0 aliphatic rings. The molecule has 1 aromatic heterocycles. The fraction of sp³-hybridized carbons (Fsp3) is 0.238. The molecule has 0 radical (unpaired) electrons. The van der Waals surface area contributed by atoms with Gasteiger partial charge in [0.2, 0.25) is 5.91 Å². The Bertz CT molecular complexity index is 889. The summed E-state index contributed by atoms with van der Waals surface area (Å²) in [6.45, 7) is 4.31. The highest BCUT2D eigenvalue weighted by molar-refractivity contribution is 7.99. The number of benzene rings is 2. The van der Waals surface area contributed by atoms with Gasteiger partial charge in [-0.15, -0.1) is 0 Å². The number of nitrogens with zero attached hydrogens (tertiary/aromatic N) is 2. The Balaban J connectivity index is 1.56. The summed E-state index contributed by atoms with van der Waals surface area (Å²) in [6.07, 6.45) is 2.92. The molecule has 6 heteroatoms. The minimum atomic E-state index is -0.711. The van der Waals surface area contributed by atoms with E-state index in [-0.39, 0.29) is 18.2 Å². The van der Waals surface area contributed by atoms with Gasteiger partial charge in [0.05, 0.1) is 11.9 Å². The molecule has 1 amide bonds. The fourth-order valence-electron chi connectivity index (χ4n) is 2.87. The molecule has 3 aromatic rings. The van der Waals surface area contributed by atoms with Crippen molar-refractivity contribution in [3.63, 3.8) is 0 Å². The molecule has 0 fully saturated rings. The van der Waals surface area contributed by atoms with Crippen LogP contribution in [-0.4, -0.2) is 32.9 Å². The van der Waals surface area contributed by atoms with Crippen molar-refractivity contribution in [3.05, 3.63) is 77.6 Å². The molecule has 0 aliphatic heterocycles. The minimum Gasteiger partial charge on any atom is -0.387 e. The first-order chi connectivity index (χ1) is 13.0. The van der Waals surface area contributed by atoms with Crippen LogP contribution < -0.4 is 5.32 Å². The van der Waals surface area contributed by atoms with Crippen molar-refractivity contribution in [3.8, 4) is 5.69 Å². The lowest BCUT2D eigenvalue weighted by Gasteiger charge is -2.12. The predicted octanol–water partition coefficient (Wildman–Crippen LogP) is 3.43. The lowest BCUT2D eigenvalue weighted by atomic mass is 10.1. The van der Waals surface area contributed by atoms with Gasteiger partial charge in [0.25, 0.3) is 0 Å². The third kappa shape index (κ3) is 5.21. The Labute approximate surface area is 163 Å². The zero-order valence-corrected chi connectivity index (χ0v) is 16.2. The molecular formula is C21H23N3O2S. The van der Waals surface area contributed by atoms with Crippen LogP contribution in [0.2, 0.25) is 0 Å². The van der Waals surface area contributed by atoms with Crippen LogP contribution in [-0.2, 0) is 4.79 Å². The quantitative estimate of drug-likeness (QED) is 0.616. The number of aryl methyl sites for hydroxylation is 2. The van der Waals surface area contributed by atoms with Crippen LogP contribution in [0.15, 0.2) is 66.1 Å². The van der Waals surface area contributed by atoms with Gasteiger partial charge >= 0.3 is 0 Å². The molecule has 0 bridgehead atoms. The van der Waals surface area contributed by atoms with Crippen molar-refractivity contribution in [1.82, 2.24) is 14.9 Å². The first-order valence-electron chi connectivity index (χ1n) is 8.77. The number of aromatic nitrogens is 2. The van der Waals surface area contributed by atoms with Crippen LogP contribution in [0.1, 0.15) is 22.8 Å². The Hall–Kier alpha value is -2.57.